The van der Waals surface area contributed by atoms with Crippen molar-refractivity contribution in [1.29, 1.82) is 0 Å². The van der Waals surface area contributed by atoms with Gasteiger partial charge in [0.2, 0.25) is 5.91 Å². The molecule has 0 saturated carbocycles. The van der Waals surface area contributed by atoms with E-state index in [1.165, 1.54) is 0 Å². The van der Waals surface area contributed by atoms with Gasteiger partial charge in [-0.05, 0) is 6.92 Å². The van der Waals surface area contributed by atoms with Crippen LogP contribution >= 0.6 is 0 Å². The molecular weight excluding hydrogens is 190 g/mol. The second-order valence-corrected chi connectivity index (χ2v) is 2.19. The van der Waals surface area contributed by atoms with Crippen LogP contribution in [0.25, 0.3) is 0 Å². The van der Waals surface area contributed by atoms with E-state index in [9.17, 15) is 14.4 Å². The summed E-state index contributed by atoms with van der Waals surface area (Å²) in [5.41, 5.74) is 0. The SMILES string of the molecule is CCOC(=O)CNC(=O)/C=C/C(=O)O. The summed E-state index contributed by atoms with van der Waals surface area (Å²) in [6, 6.07) is 0. The molecule has 0 unspecified atom stereocenters. The maximum Gasteiger partial charge on any atom is 0.328 e. The molecule has 0 aromatic carbocycles. The monoisotopic (exact) mass is 201 g/mol. The van der Waals surface area contributed by atoms with Crippen molar-refractivity contribution in [3.8, 4) is 0 Å². The van der Waals surface area contributed by atoms with Gasteiger partial charge in [0.25, 0.3) is 0 Å². The van der Waals surface area contributed by atoms with Crippen molar-refractivity contribution in [2.45, 2.75) is 6.92 Å². The third-order valence-electron chi connectivity index (χ3n) is 1.09. The van der Waals surface area contributed by atoms with Crippen molar-refractivity contribution in [3.63, 3.8) is 0 Å². The lowest BCUT2D eigenvalue weighted by atomic mass is 10.4. The number of amides is 1. The van der Waals surface area contributed by atoms with Crippen LogP contribution in [0.5, 0.6) is 0 Å². The van der Waals surface area contributed by atoms with E-state index in [0.717, 1.165) is 6.08 Å². The zero-order valence-corrected chi connectivity index (χ0v) is 7.65. The summed E-state index contributed by atoms with van der Waals surface area (Å²) >= 11 is 0. The number of hydrogen-bond acceptors (Lipinski definition) is 4. The number of carboxylic acids is 1. The maximum atomic E-state index is 10.8. The first-order valence-electron chi connectivity index (χ1n) is 3.90. The van der Waals surface area contributed by atoms with Crippen LogP contribution in [-0.2, 0) is 19.1 Å². The molecule has 0 bridgehead atoms. The fraction of sp³-hybridized carbons (Fsp3) is 0.375. The van der Waals surface area contributed by atoms with E-state index in [1.807, 2.05) is 0 Å². The van der Waals surface area contributed by atoms with Gasteiger partial charge in [0.15, 0.2) is 0 Å². The second kappa shape index (κ2) is 6.64. The summed E-state index contributed by atoms with van der Waals surface area (Å²) < 4.78 is 4.52. The highest BCUT2D eigenvalue weighted by molar-refractivity contribution is 5.95. The number of esters is 1. The van der Waals surface area contributed by atoms with Gasteiger partial charge in [-0.3, -0.25) is 9.59 Å². The molecule has 0 aliphatic carbocycles. The lowest BCUT2D eigenvalue weighted by Crippen LogP contribution is -2.29. The van der Waals surface area contributed by atoms with Crippen molar-refractivity contribution < 1.29 is 24.2 Å². The first-order valence-corrected chi connectivity index (χ1v) is 3.90. The predicted octanol–water partition coefficient (Wildman–Crippen LogP) is -0.694. The molecule has 0 aromatic heterocycles. The summed E-state index contributed by atoms with van der Waals surface area (Å²) in [7, 11) is 0. The van der Waals surface area contributed by atoms with E-state index in [2.05, 4.69) is 10.1 Å². The Morgan fingerprint density at radius 3 is 2.50 bits per heavy atom. The molecular formula is C8H11NO5. The topological polar surface area (TPSA) is 92.7 Å². The van der Waals surface area contributed by atoms with Crippen molar-refractivity contribution >= 4 is 17.8 Å². The molecule has 6 nitrogen and oxygen atoms in total. The highest BCUT2D eigenvalue weighted by Crippen LogP contribution is 1.77. The Bertz CT molecular complexity index is 258. The molecule has 2 N–H and O–H groups in total. The highest BCUT2D eigenvalue weighted by atomic mass is 16.5. The van der Waals surface area contributed by atoms with E-state index >= 15 is 0 Å². The lowest BCUT2D eigenvalue weighted by Gasteiger charge is -2.01. The van der Waals surface area contributed by atoms with Crippen LogP contribution < -0.4 is 5.32 Å². The molecule has 0 heterocycles. The van der Waals surface area contributed by atoms with Crippen LogP contribution in [0.2, 0.25) is 0 Å². The number of hydrogen-bond donors (Lipinski definition) is 2. The molecule has 0 fully saturated rings. The summed E-state index contributed by atoms with van der Waals surface area (Å²) in [6.07, 6.45) is 1.50. The minimum atomic E-state index is -1.23. The predicted molar refractivity (Wildman–Crippen MR) is 46.4 cm³/mol. The molecule has 0 aromatic rings. The normalized spacial score (nSPS) is 9.79. The molecule has 78 valence electrons. The Labute approximate surface area is 80.5 Å². The Morgan fingerprint density at radius 1 is 1.36 bits per heavy atom. The summed E-state index contributed by atoms with van der Waals surface area (Å²) in [4.78, 5) is 31.5. The number of nitrogens with one attached hydrogen (secondary N) is 1. The van der Waals surface area contributed by atoms with Crippen LogP contribution in [0.3, 0.4) is 0 Å². The third kappa shape index (κ3) is 6.84. The Hall–Kier alpha value is -1.85. The van der Waals surface area contributed by atoms with Gasteiger partial charge in [-0.25, -0.2) is 4.79 Å². The largest absolute Gasteiger partial charge is 0.478 e. The number of carboxylic acid groups (broad SMARTS) is 1. The van der Waals surface area contributed by atoms with Gasteiger partial charge in [-0.1, -0.05) is 0 Å². The Kier molecular flexibility index (Phi) is 5.77. The molecule has 0 spiro atoms. The molecule has 0 aliphatic rings. The fourth-order valence-corrected chi connectivity index (χ4v) is 0.577. The molecule has 14 heavy (non-hydrogen) atoms. The fourth-order valence-electron chi connectivity index (χ4n) is 0.577. The number of carbonyl (C=O) groups excluding carboxylic acids is 2. The molecule has 1 amide bonds. The van der Waals surface area contributed by atoms with Gasteiger partial charge in [0.05, 0.1) is 6.61 Å². The van der Waals surface area contributed by atoms with Crippen LogP contribution in [-0.4, -0.2) is 36.1 Å². The summed E-state index contributed by atoms with van der Waals surface area (Å²) in [5.74, 6) is -2.44. The van der Waals surface area contributed by atoms with Crippen LogP contribution in [0.1, 0.15) is 6.92 Å². The average Bonchev–Trinajstić information content (AvgIpc) is 2.12. The van der Waals surface area contributed by atoms with Gasteiger partial charge >= 0.3 is 11.9 Å². The third-order valence-corrected chi connectivity index (χ3v) is 1.09. The van der Waals surface area contributed by atoms with Crippen molar-refractivity contribution in [2.24, 2.45) is 0 Å². The summed E-state index contributed by atoms with van der Waals surface area (Å²) in [5, 5.41) is 10.3. The van der Waals surface area contributed by atoms with Crippen LogP contribution in [0, 0.1) is 0 Å². The number of ether oxygens (including phenoxy) is 1. The smallest absolute Gasteiger partial charge is 0.328 e. The van der Waals surface area contributed by atoms with Gasteiger partial charge in [0, 0.05) is 12.2 Å². The molecule has 0 rings (SSSR count). The van der Waals surface area contributed by atoms with Gasteiger partial charge < -0.3 is 15.2 Å². The minimum absolute atomic E-state index is 0.236. The summed E-state index contributed by atoms with van der Waals surface area (Å²) in [6.45, 7) is 1.61. The number of aliphatic carboxylic acids is 1. The second-order valence-electron chi connectivity index (χ2n) is 2.19. The number of carbonyl (C=O) groups is 3. The standard InChI is InChI=1S/C8H11NO5/c1-2-14-8(13)5-9-6(10)3-4-7(11)12/h3-4H,2,5H2,1H3,(H,9,10)(H,11,12)/b4-3+. The van der Waals surface area contributed by atoms with Gasteiger partial charge in [-0.2, -0.15) is 0 Å². The van der Waals surface area contributed by atoms with Gasteiger partial charge in [-0.15, -0.1) is 0 Å². The van der Waals surface area contributed by atoms with Crippen molar-refractivity contribution in [1.82, 2.24) is 5.32 Å². The average molecular weight is 201 g/mol. The van der Waals surface area contributed by atoms with Crippen molar-refractivity contribution in [3.05, 3.63) is 12.2 Å². The van der Waals surface area contributed by atoms with Gasteiger partial charge in [0.1, 0.15) is 6.54 Å². The highest BCUT2D eigenvalue weighted by Gasteiger charge is 2.02. The van der Waals surface area contributed by atoms with Crippen LogP contribution in [0.15, 0.2) is 12.2 Å². The van der Waals surface area contributed by atoms with E-state index in [-0.39, 0.29) is 13.2 Å². The van der Waals surface area contributed by atoms with E-state index in [0.29, 0.717) is 6.08 Å². The molecule has 0 radical (unpaired) electrons. The lowest BCUT2D eigenvalue weighted by molar-refractivity contribution is -0.143. The zero-order valence-electron chi connectivity index (χ0n) is 7.65. The number of rotatable bonds is 5. The minimum Gasteiger partial charge on any atom is -0.478 e. The Morgan fingerprint density at radius 2 is 2.00 bits per heavy atom. The van der Waals surface area contributed by atoms with Crippen molar-refractivity contribution in [2.75, 3.05) is 13.2 Å². The zero-order chi connectivity index (χ0) is 11.0. The molecule has 0 saturated heterocycles. The first kappa shape index (κ1) is 12.2. The maximum absolute atomic E-state index is 10.8. The van der Waals surface area contributed by atoms with E-state index < -0.39 is 17.8 Å². The molecule has 0 atom stereocenters. The van der Waals surface area contributed by atoms with Crippen LogP contribution in [0.4, 0.5) is 0 Å². The van der Waals surface area contributed by atoms with E-state index in [4.69, 9.17) is 5.11 Å². The molecule has 6 heteroatoms. The Balaban J connectivity index is 3.74. The first-order chi connectivity index (χ1) is 6.56. The van der Waals surface area contributed by atoms with E-state index in [1.54, 1.807) is 6.92 Å². The quantitative estimate of drug-likeness (QED) is 0.453. The molecule has 0 aliphatic heterocycles.